The Bertz CT molecular complexity index is 905. The predicted molar refractivity (Wildman–Crippen MR) is 122 cm³/mol. The van der Waals surface area contributed by atoms with E-state index < -0.39 is 24.1 Å². The van der Waals surface area contributed by atoms with Gasteiger partial charge in [0.2, 0.25) is 5.96 Å². The number of carbonyl (C=O) groups excluding carboxylic acids is 2. The number of aliphatic carboxylic acids is 1. The molecule has 0 aromatic heterocycles. The number of rotatable bonds is 11. The molecule has 9 heteroatoms. The van der Waals surface area contributed by atoms with Crippen LogP contribution in [0.4, 0.5) is 9.59 Å². The molecule has 2 rings (SSSR count). The highest BCUT2D eigenvalue weighted by Gasteiger charge is 2.22. The summed E-state index contributed by atoms with van der Waals surface area (Å²) in [7, 11) is 0. The number of nitrogens with zero attached hydrogens (tertiary/aromatic N) is 1. The number of carbonyl (C=O) groups is 3. The Morgan fingerprint density at radius 3 is 1.94 bits per heavy atom. The van der Waals surface area contributed by atoms with Gasteiger partial charge in [-0.2, -0.15) is 0 Å². The van der Waals surface area contributed by atoms with E-state index in [1.54, 1.807) is 12.1 Å². The second kappa shape index (κ2) is 14.2. The van der Waals surface area contributed by atoms with E-state index in [9.17, 15) is 14.4 Å². The Morgan fingerprint density at radius 1 is 0.818 bits per heavy atom. The van der Waals surface area contributed by atoms with Crippen molar-refractivity contribution in [2.45, 2.75) is 45.3 Å². The van der Waals surface area contributed by atoms with Crippen LogP contribution in [0.25, 0.3) is 0 Å². The predicted octanol–water partition coefficient (Wildman–Crippen LogP) is 4.52. The first kappa shape index (κ1) is 25.4. The maximum Gasteiger partial charge on any atom is 0.416 e. The molecule has 9 nitrogen and oxygen atoms in total. The van der Waals surface area contributed by atoms with Gasteiger partial charge in [-0.1, -0.05) is 73.5 Å². The third kappa shape index (κ3) is 10.3. The summed E-state index contributed by atoms with van der Waals surface area (Å²) in [4.78, 5) is 36.4. The fourth-order valence-electron chi connectivity index (χ4n) is 2.91. The molecule has 0 bridgehead atoms. The third-order valence-electron chi connectivity index (χ3n) is 4.65. The first-order valence-corrected chi connectivity index (χ1v) is 10.7. The van der Waals surface area contributed by atoms with E-state index in [-0.39, 0.29) is 26.2 Å². The minimum absolute atomic E-state index is 0.0283. The molecule has 2 aromatic rings. The first-order chi connectivity index (χ1) is 16.0. The Labute approximate surface area is 192 Å². The van der Waals surface area contributed by atoms with Crippen molar-refractivity contribution in [2.24, 2.45) is 0 Å². The Kier molecular flexibility index (Phi) is 10.9. The summed E-state index contributed by atoms with van der Waals surface area (Å²) in [5, 5.41) is 19.2. The van der Waals surface area contributed by atoms with Crippen LogP contribution in [0.1, 0.15) is 43.2 Å². The molecular formula is C24H29N3O6. The van der Waals surface area contributed by atoms with Crippen molar-refractivity contribution in [1.82, 2.24) is 10.2 Å². The molecule has 2 aromatic carbocycles. The number of alkyl carbamates (subject to hydrolysis) is 1. The van der Waals surface area contributed by atoms with Crippen LogP contribution in [-0.2, 0) is 27.5 Å². The van der Waals surface area contributed by atoms with Gasteiger partial charge in [0.15, 0.2) is 0 Å². The number of carboxylic acids is 1. The number of unbranched alkanes of at least 4 members (excludes halogenated alkanes) is 3. The number of amides is 2. The maximum absolute atomic E-state index is 12.6. The zero-order valence-corrected chi connectivity index (χ0v) is 18.4. The molecule has 0 radical (unpaired) electrons. The van der Waals surface area contributed by atoms with E-state index in [0.29, 0.717) is 25.7 Å². The van der Waals surface area contributed by atoms with E-state index in [2.05, 4.69) is 5.32 Å². The van der Waals surface area contributed by atoms with Crippen LogP contribution in [0.2, 0.25) is 0 Å². The Morgan fingerprint density at radius 2 is 1.36 bits per heavy atom. The Balaban J connectivity index is 1.88. The highest BCUT2D eigenvalue weighted by Crippen LogP contribution is 2.08. The lowest BCUT2D eigenvalue weighted by molar-refractivity contribution is -0.137. The molecule has 0 aliphatic rings. The Hall–Kier alpha value is -3.88. The molecule has 2 amide bonds. The van der Waals surface area contributed by atoms with Crippen LogP contribution < -0.4 is 5.32 Å². The number of hydrogen-bond donors (Lipinski definition) is 3. The number of guanidine groups is 1. The third-order valence-corrected chi connectivity index (χ3v) is 4.65. The maximum atomic E-state index is 12.6. The zero-order chi connectivity index (χ0) is 23.9. The molecular weight excluding hydrogens is 426 g/mol. The average Bonchev–Trinajstić information content (AvgIpc) is 2.81. The second-order valence-electron chi connectivity index (χ2n) is 7.29. The van der Waals surface area contributed by atoms with E-state index in [1.165, 1.54) is 0 Å². The summed E-state index contributed by atoms with van der Waals surface area (Å²) in [5.74, 6) is -1.29. The molecule has 0 aliphatic carbocycles. The molecule has 33 heavy (non-hydrogen) atoms. The highest BCUT2D eigenvalue weighted by molar-refractivity contribution is 5.99. The van der Waals surface area contributed by atoms with Crippen LogP contribution in [-0.4, -0.2) is 40.7 Å². The van der Waals surface area contributed by atoms with Gasteiger partial charge < -0.3 is 14.6 Å². The number of benzene rings is 2. The normalized spacial score (nSPS) is 10.2. The fourth-order valence-corrected chi connectivity index (χ4v) is 2.91. The van der Waals surface area contributed by atoms with Crippen LogP contribution in [0.15, 0.2) is 60.7 Å². The summed E-state index contributed by atoms with van der Waals surface area (Å²) in [6.07, 6.45) is 0.871. The lowest BCUT2D eigenvalue weighted by Crippen LogP contribution is -2.47. The van der Waals surface area contributed by atoms with Crippen molar-refractivity contribution in [3.63, 3.8) is 0 Å². The molecule has 0 aliphatic heterocycles. The molecule has 0 heterocycles. The van der Waals surface area contributed by atoms with E-state index in [0.717, 1.165) is 16.0 Å². The standard InChI is InChI=1S/C24H29N3O6/c25-22(26-23(30)32-17-19-11-5-3-6-12-19)27(16-10-2-1-9-15-21(28)29)24(31)33-18-20-13-7-4-8-14-20/h3-8,11-14H,1-2,9-10,15-18H2,(H,28,29)(H2,25,26,30). The van der Waals surface area contributed by atoms with Gasteiger partial charge >= 0.3 is 18.2 Å². The molecule has 0 fully saturated rings. The minimum atomic E-state index is -0.855. The average molecular weight is 456 g/mol. The van der Waals surface area contributed by atoms with E-state index >= 15 is 0 Å². The summed E-state index contributed by atoms with van der Waals surface area (Å²) >= 11 is 0. The van der Waals surface area contributed by atoms with Crippen LogP contribution in [0.3, 0.4) is 0 Å². The zero-order valence-electron chi connectivity index (χ0n) is 18.4. The quantitative estimate of drug-likeness (QED) is 0.259. The summed E-state index contributed by atoms with van der Waals surface area (Å²) in [6, 6.07) is 18.2. The minimum Gasteiger partial charge on any atom is -0.481 e. The van der Waals surface area contributed by atoms with Gasteiger partial charge in [-0.25, -0.2) is 14.5 Å². The second-order valence-corrected chi connectivity index (χ2v) is 7.29. The lowest BCUT2D eigenvalue weighted by atomic mass is 10.1. The molecule has 0 spiro atoms. The summed E-state index contributed by atoms with van der Waals surface area (Å²) < 4.78 is 10.4. The van der Waals surface area contributed by atoms with Crippen molar-refractivity contribution >= 4 is 24.1 Å². The van der Waals surface area contributed by atoms with Crippen molar-refractivity contribution in [3.05, 3.63) is 71.8 Å². The number of ether oxygens (including phenoxy) is 2. The summed E-state index contributed by atoms with van der Waals surface area (Å²) in [5.41, 5.74) is 1.58. The molecule has 3 N–H and O–H groups in total. The van der Waals surface area contributed by atoms with Crippen molar-refractivity contribution < 1.29 is 29.0 Å². The van der Waals surface area contributed by atoms with Gasteiger partial charge in [-0.3, -0.25) is 15.5 Å². The highest BCUT2D eigenvalue weighted by atomic mass is 16.6. The number of nitrogens with one attached hydrogen (secondary N) is 2. The molecule has 176 valence electrons. The van der Waals surface area contributed by atoms with Gasteiger partial charge in [-0.15, -0.1) is 0 Å². The van der Waals surface area contributed by atoms with Gasteiger partial charge in [-0.05, 0) is 24.0 Å². The molecule has 0 atom stereocenters. The van der Waals surface area contributed by atoms with Crippen LogP contribution in [0.5, 0.6) is 0 Å². The fraction of sp³-hybridized carbons (Fsp3) is 0.333. The lowest BCUT2D eigenvalue weighted by Gasteiger charge is -2.22. The smallest absolute Gasteiger partial charge is 0.416 e. The van der Waals surface area contributed by atoms with E-state index in [4.69, 9.17) is 20.0 Å². The molecule has 0 saturated carbocycles. The SMILES string of the molecule is N=C(NC(=O)OCc1ccccc1)N(CCCCCCC(=O)O)C(=O)OCc1ccccc1. The monoisotopic (exact) mass is 455 g/mol. The van der Waals surface area contributed by atoms with Gasteiger partial charge in [0, 0.05) is 13.0 Å². The van der Waals surface area contributed by atoms with Crippen LogP contribution >= 0.6 is 0 Å². The van der Waals surface area contributed by atoms with Crippen molar-refractivity contribution in [3.8, 4) is 0 Å². The van der Waals surface area contributed by atoms with Gasteiger partial charge in [0.25, 0.3) is 0 Å². The van der Waals surface area contributed by atoms with Crippen molar-refractivity contribution in [2.75, 3.05) is 6.54 Å². The molecule has 0 unspecified atom stereocenters. The summed E-state index contributed by atoms with van der Waals surface area (Å²) in [6.45, 7) is 0.195. The topological polar surface area (TPSA) is 129 Å². The van der Waals surface area contributed by atoms with Gasteiger partial charge in [0.05, 0.1) is 0 Å². The van der Waals surface area contributed by atoms with Crippen LogP contribution in [0, 0.1) is 5.41 Å². The number of carboxylic acid groups (broad SMARTS) is 1. The largest absolute Gasteiger partial charge is 0.481 e. The van der Waals surface area contributed by atoms with Gasteiger partial charge in [0.1, 0.15) is 13.2 Å². The van der Waals surface area contributed by atoms with E-state index in [1.807, 2.05) is 48.5 Å². The number of hydrogen-bond acceptors (Lipinski definition) is 6. The molecule has 0 saturated heterocycles. The first-order valence-electron chi connectivity index (χ1n) is 10.7. The van der Waals surface area contributed by atoms with Crippen molar-refractivity contribution in [1.29, 1.82) is 5.41 Å².